The van der Waals surface area contributed by atoms with Gasteiger partial charge in [0.25, 0.3) is 0 Å². The molecule has 0 unspecified atom stereocenters. The molecule has 0 heterocycles. The predicted octanol–water partition coefficient (Wildman–Crippen LogP) is 1.43. The van der Waals surface area contributed by atoms with Crippen LogP contribution in [0.5, 0.6) is 0 Å². The summed E-state index contributed by atoms with van der Waals surface area (Å²) in [7, 11) is 0. The lowest BCUT2D eigenvalue weighted by Crippen LogP contribution is -1.79. The highest BCUT2D eigenvalue weighted by Gasteiger charge is 1.99. The lowest BCUT2D eigenvalue weighted by atomic mass is 10.1. The fourth-order valence-corrected chi connectivity index (χ4v) is 0.489. The van der Waals surface area contributed by atoms with Crippen LogP contribution in [0.15, 0.2) is 23.3 Å². The first-order chi connectivity index (χ1) is 5.29. The van der Waals surface area contributed by atoms with Crippen molar-refractivity contribution in [2.45, 2.75) is 6.92 Å². The van der Waals surface area contributed by atoms with Gasteiger partial charge in [-0.3, -0.25) is 0 Å². The Hall–Kier alpha value is -2.05. The minimum Gasteiger partial charge on any atom is -0.192 e. The maximum absolute atomic E-state index is 8.43. The van der Waals surface area contributed by atoms with Gasteiger partial charge in [-0.2, -0.15) is 15.8 Å². The Kier molecular flexibility index (Phi) is 3.90. The molecule has 0 spiro atoms. The van der Waals surface area contributed by atoms with Crippen molar-refractivity contribution in [1.29, 1.82) is 15.8 Å². The van der Waals surface area contributed by atoms with Crippen LogP contribution in [0.4, 0.5) is 0 Å². The zero-order chi connectivity index (χ0) is 8.69. The largest absolute Gasteiger partial charge is 0.192 e. The van der Waals surface area contributed by atoms with Crippen molar-refractivity contribution < 1.29 is 0 Å². The third-order valence-electron chi connectivity index (χ3n) is 0.947. The molecule has 0 aliphatic rings. The van der Waals surface area contributed by atoms with Crippen LogP contribution in [-0.4, -0.2) is 0 Å². The molecule has 0 aliphatic carbocycles. The normalized spacial score (nSPS) is 7.82. The number of nitriles is 3. The third-order valence-corrected chi connectivity index (χ3v) is 0.947. The quantitative estimate of drug-likeness (QED) is 0.411. The molecular formula is C8H5N3. The molecule has 52 valence electrons. The summed E-state index contributed by atoms with van der Waals surface area (Å²) in [5, 5.41) is 25.1. The van der Waals surface area contributed by atoms with E-state index in [0.717, 1.165) is 0 Å². The van der Waals surface area contributed by atoms with Gasteiger partial charge >= 0.3 is 0 Å². The van der Waals surface area contributed by atoms with Crippen LogP contribution in [0.2, 0.25) is 0 Å². The van der Waals surface area contributed by atoms with Gasteiger partial charge in [0.2, 0.25) is 0 Å². The molecule has 0 aromatic carbocycles. The molecule has 3 nitrogen and oxygen atoms in total. The van der Waals surface area contributed by atoms with E-state index >= 15 is 0 Å². The van der Waals surface area contributed by atoms with Crippen LogP contribution < -0.4 is 0 Å². The molecule has 0 amide bonds. The molecule has 0 N–H and O–H groups in total. The summed E-state index contributed by atoms with van der Waals surface area (Å²) in [4.78, 5) is 0. The van der Waals surface area contributed by atoms with E-state index in [2.05, 4.69) is 0 Å². The average molecular weight is 143 g/mol. The van der Waals surface area contributed by atoms with Crippen LogP contribution in [0.3, 0.4) is 0 Å². The maximum atomic E-state index is 8.43. The van der Waals surface area contributed by atoms with E-state index in [1.165, 1.54) is 6.08 Å². The molecule has 0 aromatic heterocycles. The summed E-state index contributed by atoms with van der Waals surface area (Å²) >= 11 is 0. The fourth-order valence-electron chi connectivity index (χ4n) is 0.489. The fraction of sp³-hybridized carbons (Fsp3) is 0.125. The van der Waals surface area contributed by atoms with E-state index in [4.69, 9.17) is 15.8 Å². The molecule has 0 radical (unpaired) electrons. The van der Waals surface area contributed by atoms with Gasteiger partial charge in [-0.25, -0.2) is 0 Å². The van der Waals surface area contributed by atoms with Crippen LogP contribution in [0, 0.1) is 34.0 Å². The van der Waals surface area contributed by atoms with Crippen LogP contribution in [-0.2, 0) is 0 Å². The zero-order valence-corrected chi connectivity index (χ0v) is 6.00. The molecule has 11 heavy (non-hydrogen) atoms. The standard InChI is InChI=1S/C8H5N3/c1-2-3-7(4-9)8(5-10)6-11/h2-3H,1H3/b3-2+. The van der Waals surface area contributed by atoms with Crippen molar-refractivity contribution in [3.63, 3.8) is 0 Å². The Balaban J connectivity index is 5.07. The summed E-state index contributed by atoms with van der Waals surface area (Å²) in [5.41, 5.74) is -0.0388. The van der Waals surface area contributed by atoms with E-state index in [9.17, 15) is 0 Å². The Labute approximate surface area is 65.1 Å². The van der Waals surface area contributed by atoms with Crippen LogP contribution in [0.25, 0.3) is 0 Å². The Morgan fingerprint density at radius 1 is 1.09 bits per heavy atom. The van der Waals surface area contributed by atoms with Gasteiger partial charge in [-0.15, -0.1) is 0 Å². The third kappa shape index (κ3) is 2.35. The van der Waals surface area contributed by atoms with Gasteiger partial charge in [0.1, 0.15) is 23.8 Å². The molecule has 0 saturated heterocycles. The first-order valence-electron chi connectivity index (χ1n) is 2.87. The summed E-state index contributed by atoms with van der Waals surface area (Å²) in [6, 6.07) is 5.02. The molecule has 0 saturated carbocycles. The summed E-state index contributed by atoms with van der Waals surface area (Å²) in [5.74, 6) is 0. The second kappa shape index (κ2) is 4.79. The van der Waals surface area contributed by atoms with E-state index in [0.29, 0.717) is 0 Å². The van der Waals surface area contributed by atoms with Gasteiger partial charge in [-0.05, 0) is 13.0 Å². The molecule has 0 rings (SSSR count). The lowest BCUT2D eigenvalue weighted by molar-refractivity contribution is 1.42. The van der Waals surface area contributed by atoms with Gasteiger partial charge < -0.3 is 0 Å². The second-order valence-electron chi connectivity index (χ2n) is 1.62. The number of nitrogens with zero attached hydrogens (tertiary/aromatic N) is 3. The van der Waals surface area contributed by atoms with E-state index in [1.807, 2.05) is 0 Å². The van der Waals surface area contributed by atoms with Crippen LogP contribution >= 0.6 is 0 Å². The van der Waals surface area contributed by atoms with Crippen molar-refractivity contribution in [1.82, 2.24) is 0 Å². The van der Waals surface area contributed by atoms with Crippen molar-refractivity contribution in [2.24, 2.45) is 0 Å². The molecule has 0 aliphatic heterocycles. The Bertz CT molecular complexity index is 299. The highest BCUT2D eigenvalue weighted by molar-refractivity contribution is 5.51. The smallest absolute Gasteiger partial charge is 0.147 e. The molecule has 0 bridgehead atoms. The first-order valence-corrected chi connectivity index (χ1v) is 2.87. The van der Waals surface area contributed by atoms with Gasteiger partial charge in [0.05, 0.1) is 5.57 Å². The van der Waals surface area contributed by atoms with Crippen molar-refractivity contribution in [3.8, 4) is 18.2 Å². The SMILES string of the molecule is C/C=C/C(C#N)=C(C#N)C#N. The highest BCUT2D eigenvalue weighted by Crippen LogP contribution is 2.02. The van der Waals surface area contributed by atoms with Crippen molar-refractivity contribution in [2.75, 3.05) is 0 Å². The average Bonchev–Trinajstić information content (AvgIpc) is 2.05. The Morgan fingerprint density at radius 2 is 1.64 bits per heavy atom. The number of allylic oxidation sites excluding steroid dienone is 4. The van der Waals surface area contributed by atoms with Crippen molar-refractivity contribution >= 4 is 0 Å². The summed E-state index contributed by atoms with van der Waals surface area (Å²) in [6.07, 6.45) is 3.04. The topological polar surface area (TPSA) is 71.4 Å². The van der Waals surface area contributed by atoms with Gasteiger partial charge in [-0.1, -0.05) is 6.08 Å². The van der Waals surface area contributed by atoms with Crippen molar-refractivity contribution in [3.05, 3.63) is 23.3 Å². The Morgan fingerprint density at radius 3 is 1.91 bits per heavy atom. The monoisotopic (exact) mass is 143 g/mol. The molecule has 0 fully saturated rings. The number of hydrogen-bond acceptors (Lipinski definition) is 3. The van der Waals surface area contributed by atoms with Crippen LogP contribution in [0.1, 0.15) is 6.92 Å². The van der Waals surface area contributed by atoms with E-state index in [1.54, 1.807) is 31.2 Å². The molecule has 0 aromatic rings. The maximum Gasteiger partial charge on any atom is 0.147 e. The zero-order valence-electron chi connectivity index (χ0n) is 6.00. The lowest BCUT2D eigenvalue weighted by Gasteiger charge is -1.83. The second-order valence-corrected chi connectivity index (χ2v) is 1.62. The summed E-state index contributed by atoms with van der Waals surface area (Å²) in [6.45, 7) is 1.71. The number of rotatable bonds is 1. The van der Waals surface area contributed by atoms with E-state index in [-0.39, 0.29) is 11.1 Å². The molecule has 0 atom stereocenters. The van der Waals surface area contributed by atoms with Gasteiger partial charge in [0, 0.05) is 0 Å². The van der Waals surface area contributed by atoms with E-state index < -0.39 is 0 Å². The first kappa shape index (κ1) is 8.95. The number of hydrogen-bond donors (Lipinski definition) is 0. The molecule has 3 heteroatoms. The minimum absolute atomic E-state index is 0.109. The highest BCUT2D eigenvalue weighted by atomic mass is 14.3. The minimum atomic E-state index is -0.148. The molecular weight excluding hydrogens is 138 g/mol. The predicted molar refractivity (Wildman–Crippen MR) is 38.7 cm³/mol. The van der Waals surface area contributed by atoms with Gasteiger partial charge in [0.15, 0.2) is 0 Å². The summed E-state index contributed by atoms with van der Waals surface area (Å²) < 4.78 is 0.